The molecule has 0 aromatic carbocycles. The van der Waals surface area contributed by atoms with Crippen molar-refractivity contribution in [1.82, 2.24) is 20.4 Å². The number of aromatic nitrogens is 2. The van der Waals surface area contributed by atoms with Crippen LogP contribution in [0.15, 0.2) is 6.20 Å². The first-order valence-corrected chi connectivity index (χ1v) is 7.94. The third-order valence-corrected chi connectivity index (χ3v) is 4.70. The molecule has 1 fully saturated rings. The van der Waals surface area contributed by atoms with Gasteiger partial charge in [0.15, 0.2) is 0 Å². The molecule has 2 amide bonds. The van der Waals surface area contributed by atoms with Crippen LogP contribution < -0.4 is 11.1 Å². The first-order chi connectivity index (χ1) is 10.6. The lowest BCUT2D eigenvalue weighted by molar-refractivity contribution is -0.127. The van der Waals surface area contributed by atoms with E-state index in [1.807, 2.05) is 11.1 Å². The largest absolute Gasteiger partial charge is 0.369 e. The number of aryl methyl sites for hydroxylation is 1. The molecule has 0 radical (unpaired) electrons. The summed E-state index contributed by atoms with van der Waals surface area (Å²) in [5, 5.41) is 10.3. The van der Waals surface area contributed by atoms with Crippen molar-refractivity contribution >= 4 is 11.8 Å². The average molecular weight is 305 g/mol. The summed E-state index contributed by atoms with van der Waals surface area (Å²) in [5.41, 5.74) is 7.62. The van der Waals surface area contributed by atoms with Crippen LogP contribution in [-0.4, -0.2) is 52.6 Å². The highest BCUT2D eigenvalue weighted by Gasteiger charge is 2.28. The van der Waals surface area contributed by atoms with Crippen molar-refractivity contribution in [2.75, 3.05) is 19.6 Å². The summed E-state index contributed by atoms with van der Waals surface area (Å²) < 4.78 is 0. The number of aromatic amines is 1. The number of amides is 2. The minimum atomic E-state index is -0.305. The maximum atomic E-state index is 12.4. The molecule has 2 aliphatic rings. The van der Waals surface area contributed by atoms with E-state index in [1.165, 1.54) is 11.3 Å². The fourth-order valence-corrected chi connectivity index (χ4v) is 3.43. The number of likely N-dealkylation sites (tertiary alicyclic amines) is 1. The Labute approximate surface area is 129 Å². The molecule has 1 aromatic heterocycles. The van der Waals surface area contributed by atoms with Gasteiger partial charge in [-0.15, -0.1) is 0 Å². The zero-order chi connectivity index (χ0) is 15.5. The molecule has 2 heterocycles. The Morgan fingerprint density at radius 3 is 2.86 bits per heavy atom. The monoisotopic (exact) mass is 305 g/mol. The number of nitrogens with two attached hydrogens (primary N) is 1. The Morgan fingerprint density at radius 1 is 1.36 bits per heavy atom. The topological polar surface area (TPSA) is 104 Å². The maximum Gasteiger partial charge on any atom is 0.231 e. The number of rotatable bonds is 4. The minimum absolute atomic E-state index is 0.0508. The van der Waals surface area contributed by atoms with E-state index in [9.17, 15) is 9.59 Å². The Bertz CT molecular complexity index is 548. The smallest absolute Gasteiger partial charge is 0.231 e. The summed E-state index contributed by atoms with van der Waals surface area (Å²) in [5.74, 6) is -0.105. The van der Waals surface area contributed by atoms with E-state index in [4.69, 9.17) is 5.73 Å². The second kappa shape index (κ2) is 6.48. The van der Waals surface area contributed by atoms with E-state index in [-0.39, 0.29) is 23.8 Å². The van der Waals surface area contributed by atoms with Crippen LogP contribution in [0.1, 0.15) is 30.5 Å². The van der Waals surface area contributed by atoms with Gasteiger partial charge in [0.2, 0.25) is 11.8 Å². The molecule has 7 nitrogen and oxygen atoms in total. The lowest BCUT2D eigenvalue weighted by Gasteiger charge is -2.32. The van der Waals surface area contributed by atoms with Gasteiger partial charge in [0, 0.05) is 17.7 Å². The first-order valence-electron chi connectivity index (χ1n) is 7.94. The number of carbonyl (C=O) groups excluding carboxylic acids is 2. The molecular weight excluding hydrogens is 282 g/mol. The number of carbonyl (C=O) groups is 2. The molecule has 1 aliphatic carbocycles. The standard InChI is InChI=1S/C15H23N5O2/c16-14(21)9-20-5-3-10(4-6-20)15(22)18-12-1-2-13-11(7-12)8-17-19-13/h8,10,12H,1-7,9H2,(H2,16,21)(H,17,19)(H,18,22)/t12-/m1/s1. The molecule has 7 heteroatoms. The summed E-state index contributed by atoms with van der Waals surface area (Å²) in [6.45, 7) is 1.81. The van der Waals surface area contributed by atoms with Crippen LogP contribution in [0.2, 0.25) is 0 Å². The Kier molecular flexibility index (Phi) is 4.42. The van der Waals surface area contributed by atoms with Crippen molar-refractivity contribution in [3.05, 3.63) is 17.5 Å². The SMILES string of the molecule is NC(=O)CN1CCC(C(=O)N[C@@H]2CCc3[nH]ncc3C2)CC1. The minimum Gasteiger partial charge on any atom is -0.369 e. The van der Waals surface area contributed by atoms with Gasteiger partial charge in [-0.2, -0.15) is 5.10 Å². The van der Waals surface area contributed by atoms with Crippen molar-refractivity contribution < 1.29 is 9.59 Å². The summed E-state index contributed by atoms with van der Waals surface area (Å²) in [6.07, 6.45) is 6.21. The van der Waals surface area contributed by atoms with Gasteiger partial charge in [-0.25, -0.2) is 0 Å². The number of nitrogens with zero attached hydrogens (tertiary/aromatic N) is 2. The Balaban J connectivity index is 1.46. The average Bonchev–Trinajstić information content (AvgIpc) is 2.95. The number of hydrogen-bond acceptors (Lipinski definition) is 4. The molecule has 0 saturated carbocycles. The van der Waals surface area contributed by atoms with E-state index >= 15 is 0 Å². The predicted octanol–water partition coefficient (Wildman–Crippen LogP) is -0.419. The van der Waals surface area contributed by atoms with E-state index in [1.54, 1.807) is 0 Å². The normalized spacial score (nSPS) is 23.0. The lowest BCUT2D eigenvalue weighted by atomic mass is 9.91. The van der Waals surface area contributed by atoms with Gasteiger partial charge in [-0.1, -0.05) is 0 Å². The maximum absolute atomic E-state index is 12.4. The number of hydrogen-bond donors (Lipinski definition) is 3. The van der Waals surface area contributed by atoms with Gasteiger partial charge in [-0.05, 0) is 50.8 Å². The molecular formula is C15H23N5O2. The second-order valence-corrected chi connectivity index (χ2v) is 6.34. The van der Waals surface area contributed by atoms with Crippen molar-refractivity contribution in [2.24, 2.45) is 11.7 Å². The number of primary amides is 1. The second-order valence-electron chi connectivity index (χ2n) is 6.34. The molecule has 1 atom stereocenters. The zero-order valence-electron chi connectivity index (χ0n) is 12.7. The zero-order valence-corrected chi connectivity index (χ0v) is 12.7. The molecule has 1 aromatic rings. The molecule has 1 aliphatic heterocycles. The third-order valence-electron chi connectivity index (χ3n) is 4.70. The highest BCUT2D eigenvalue weighted by atomic mass is 16.2. The van der Waals surface area contributed by atoms with Crippen molar-refractivity contribution in [2.45, 2.75) is 38.1 Å². The molecule has 0 unspecified atom stereocenters. The highest BCUT2D eigenvalue weighted by Crippen LogP contribution is 2.21. The number of piperidine rings is 1. The van der Waals surface area contributed by atoms with Gasteiger partial charge in [-0.3, -0.25) is 19.6 Å². The molecule has 22 heavy (non-hydrogen) atoms. The lowest BCUT2D eigenvalue weighted by Crippen LogP contribution is -2.46. The molecule has 0 spiro atoms. The van der Waals surface area contributed by atoms with E-state index < -0.39 is 0 Å². The van der Waals surface area contributed by atoms with Crippen molar-refractivity contribution in [3.8, 4) is 0 Å². The van der Waals surface area contributed by atoms with Crippen LogP contribution in [0.5, 0.6) is 0 Å². The molecule has 1 saturated heterocycles. The van der Waals surface area contributed by atoms with E-state index in [2.05, 4.69) is 15.5 Å². The fraction of sp³-hybridized carbons (Fsp3) is 0.667. The Morgan fingerprint density at radius 2 is 2.14 bits per heavy atom. The summed E-state index contributed by atoms with van der Waals surface area (Å²) in [6, 6.07) is 0.209. The number of fused-ring (bicyclic) bond motifs is 1. The van der Waals surface area contributed by atoms with Crippen LogP contribution in [0.3, 0.4) is 0 Å². The summed E-state index contributed by atoms with van der Waals surface area (Å²) >= 11 is 0. The van der Waals surface area contributed by atoms with Crippen LogP contribution in [0, 0.1) is 5.92 Å². The number of nitrogens with one attached hydrogen (secondary N) is 2. The Hall–Kier alpha value is -1.89. The summed E-state index contributed by atoms with van der Waals surface area (Å²) in [4.78, 5) is 25.3. The van der Waals surface area contributed by atoms with Crippen LogP contribution in [-0.2, 0) is 22.4 Å². The predicted molar refractivity (Wildman–Crippen MR) is 80.9 cm³/mol. The molecule has 3 rings (SSSR count). The quantitative estimate of drug-likeness (QED) is 0.703. The van der Waals surface area contributed by atoms with Gasteiger partial charge in [0.25, 0.3) is 0 Å². The number of H-pyrrole nitrogens is 1. The van der Waals surface area contributed by atoms with E-state index in [0.717, 1.165) is 45.2 Å². The third kappa shape index (κ3) is 3.47. The molecule has 4 N–H and O–H groups in total. The highest BCUT2D eigenvalue weighted by molar-refractivity contribution is 5.79. The molecule has 0 bridgehead atoms. The first kappa shape index (κ1) is 15.0. The van der Waals surface area contributed by atoms with Gasteiger partial charge < -0.3 is 11.1 Å². The molecule has 120 valence electrons. The van der Waals surface area contributed by atoms with Crippen LogP contribution in [0.25, 0.3) is 0 Å². The van der Waals surface area contributed by atoms with Gasteiger partial charge >= 0.3 is 0 Å². The van der Waals surface area contributed by atoms with Gasteiger partial charge in [0.1, 0.15) is 0 Å². The van der Waals surface area contributed by atoms with Crippen LogP contribution >= 0.6 is 0 Å². The van der Waals surface area contributed by atoms with Gasteiger partial charge in [0.05, 0.1) is 12.7 Å². The fourth-order valence-electron chi connectivity index (χ4n) is 3.43. The summed E-state index contributed by atoms with van der Waals surface area (Å²) in [7, 11) is 0. The van der Waals surface area contributed by atoms with Crippen molar-refractivity contribution in [3.63, 3.8) is 0 Å². The van der Waals surface area contributed by atoms with Crippen LogP contribution in [0.4, 0.5) is 0 Å². The van der Waals surface area contributed by atoms with E-state index in [0.29, 0.717) is 6.54 Å². The van der Waals surface area contributed by atoms with Crippen molar-refractivity contribution in [1.29, 1.82) is 0 Å².